The highest BCUT2D eigenvalue weighted by Gasteiger charge is 2.15. The third-order valence-corrected chi connectivity index (χ3v) is 5.46. The minimum Gasteiger partial charge on any atom is -0.310 e. The molecule has 1 aromatic rings. The lowest BCUT2D eigenvalue weighted by atomic mass is 10.0. The van der Waals surface area contributed by atoms with E-state index in [2.05, 4.69) is 58.5 Å². The second-order valence-corrected chi connectivity index (χ2v) is 7.66. The molecule has 0 heterocycles. The Labute approximate surface area is 142 Å². The molecule has 1 aliphatic rings. The molecule has 21 heavy (non-hydrogen) atoms. The van der Waals surface area contributed by atoms with Gasteiger partial charge in [-0.3, -0.25) is 0 Å². The van der Waals surface area contributed by atoms with Gasteiger partial charge >= 0.3 is 0 Å². The number of thioether (sulfide) groups is 1. The molecule has 0 bridgehead atoms. The van der Waals surface area contributed by atoms with Gasteiger partial charge in [0.1, 0.15) is 0 Å². The zero-order valence-corrected chi connectivity index (χ0v) is 15.3. The van der Waals surface area contributed by atoms with Crippen LogP contribution in [0.1, 0.15) is 45.4 Å². The molecule has 0 aromatic heterocycles. The van der Waals surface area contributed by atoms with Gasteiger partial charge in [0.15, 0.2) is 0 Å². The Morgan fingerprint density at radius 2 is 2.19 bits per heavy atom. The Hall–Kier alpha value is -0.250. The fourth-order valence-electron chi connectivity index (χ4n) is 2.71. The Morgan fingerprint density at radius 3 is 3.00 bits per heavy atom. The fraction of sp³-hybridized carbons (Fsp3) is 0.556. The van der Waals surface area contributed by atoms with Crippen LogP contribution in [-0.4, -0.2) is 18.3 Å². The molecule has 1 unspecified atom stereocenters. The summed E-state index contributed by atoms with van der Waals surface area (Å²) >= 11 is 5.52. The molecule has 3 heteroatoms. The quantitative estimate of drug-likeness (QED) is 0.482. The lowest BCUT2D eigenvalue weighted by molar-refractivity contribution is 0.584. The highest BCUT2D eigenvalue weighted by atomic mass is 79.9. The van der Waals surface area contributed by atoms with Crippen molar-refractivity contribution in [1.29, 1.82) is 0 Å². The van der Waals surface area contributed by atoms with Crippen LogP contribution in [-0.2, 0) is 0 Å². The van der Waals surface area contributed by atoms with E-state index in [9.17, 15) is 0 Å². The predicted octanol–water partition coefficient (Wildman–Crippen LogP) is 5.80. The van der Waals surface area contributed by atoms with Crippen LogP contribution >= 0.6 is 27.7 Å². The molecule has 1 nitrogen and oxygen atoms in total. The SMILES string of the molecule is CCCNC(CSc1cccc(Br)c1)C1=CCCCCC1. The molecule has 0 radical (unpaired) electrons. The zero-order valence-electron chi connectivity index (χ0n) is 12.9. The van der Waals surface area contributed by atoms with Gasteiger partial charge in [-0.15, -0.1) is 11.8 Å². The summed E-state index contributed by atoms with van der Waals surface area (Å²) in [7, 11) is 0. The summed E-state index contributed by atoms with van der Waals surface area (Å²) in [6.45, 7) is 3.36. The van der Waals surface area contributed by atoms with E-state index in [-0.39, 0.29) is 0 Å². The summed E-state index contributed by atoms with van der Waals surface area (Å²) < 4.78 is 1.17. The maximum atomic E-state index is 3.75. The van der Waals surface area contributed by atoms with E-state index in [1.165, 1.54) is 47.9 Å². The van der Waals surface area contributed by atoms with Crippen LogP contribution in [0.4, 0.5) is 0 Å². The number of hydrogen-bond donors (Lipinski definition) is 1. The van der Waals surface area contributed by atoms with Crippen molar-refractivity contribution in [3.63, 3.8) is 0 Å². The Bertz CT molecular complexity index is 458. The van der Waals surface area contributed by atoms with Gasteiger partial charge in [-0.05, 0) is 56.8 Å². The van der Waals surface area contributed by atoms with E-state index in [0.29, 0.717) is 6.04 Å². The van der Waals surface area contributed by atoms with Gasteiger partial charge in [-0.1, -0.05) is 47.0 Å². The number of halogens is 1. The molecule has 116 valence electrons. The van der Waals surface area contributed by atoms with Gasteiger partial charge < -0.3 is 5.32 Å². The fourth-order valence-corrected chi connectivity index (χ4v) is 4.34. The topological polar surface area (TPSA) is 12.0 Å². The first-order valence-electron chi connectivity index (χ1n) is 8.10. The average molecular weight is 368 g/mol. The molecule has 0 amide bonds. The first-order chi connectivity index (χ1) is 10.3. The maximum absolute atomic E-state index is 3.75. The summed E-state index contributed by atoms with van der Waals surface area (Å²) in [5.41, 5.74) is 1.64. The van der Waals surface area contributed by atoms with Crippen LogP contribution in [0.15, 0.2) is 45.3 Å². The minimum atomic E-state index is 0.534. The van der Waals surface area contributed by atoms with Crippen LogP contribution in [0.25, 0.3) is 0 Å². The number of nitrogens with one attached hydrogen (secondary N) is 1. The highest BCUT2D eigenvalue weighted by Crippen LogP contribution is 2.26. The summed E-state index contributed by atoms with van der Waals surface area (Å²) in [6.07, 6.45) is 10.4. The molecule has 1 atom stereocenters. The summed E-state index contributed by atoms with van der Waals surface area (Å²) in [4.78, 5) is 1.35. The molecular formula is C18H26BrNS. The summed E-state index contributed by atoms with van der Waals surface area (Å²) in [5.74, 6) is 1.13. The lowest BCUT2D eigenvalue weighted by Crippen LogP contribution is -2.33. The Balaban J connectivity index is 1.96. The number of benzene rings is 1. The molecular weight excluding hydrogens is 342 g/mol. The second-order valence-electron chi connectivity index (χ2n) is 5.65. The largest absolute Gasteiger partial charge is 0.310 e. The molecule has 0 aliphatic heterocycles. The van der Waals surface area contributed by atoms with E-state index in [1.807, 2.05) is 11.8 Å². The standard InChI is InChI=1S/C18H26BrNS/c1-2-12-20-18(15-8-5-3-4-6-9-15)14-21-17-11-7-10-16(19)13-17/h7-8,10-11,13,18,20H,2-6,9,12,14H2,1H3. The van der Waals surface area contributed by atoms with E-state index in [4.69, 9.17) is 0 Å². The molecule has 1 aliphatic carbocycles. The van der Waals surface area contributed by atoms with Gasteiger partial charge in [0.05, 0.1) is 0 Å². The van der Waals surface area contributed by atoms with E-state index in [0.717, 1.165) is 12.3 Å². The van der Waals surface area contributed by atoms with Crippen molar-refractivity contribution in [3.05, 3.63) is 40.4 Å². The highest BCUT2D eigenvalue weighted by molar-refractivity contribution is 9.10. The van der Waals surface area contributed by atoms with Crippen molar-refractivity contribution in [3.8, 4) is 0 Å². The summed E-state index contributed by atoms with van der Waals surface area (Å²) in [6, 6.07) is 9.15. The number of allylic oxidation sites excluding steroid dienone is 1. The van der Waals surface area contributed by atoms with Gasteiger partial charge in [0.25, 0.3) is 0 Å². The van der Waals surface area contributed by atoms with Gasteiger partial charge in [0.2, 0.25) is 0 Å². The van der Waals surface area contributed by atoms with Crippen molar-refractivity contribution >= 4 is 27.7 Å². The van der Waals surface area contributed by atoms with Crippen molar-refractivity contribution < 1.29 is 0 Å². The van der Waals surface area contributed by atoms with E-state index >= 15 is 0 Å². The van der Waals surface area contributed by atoms with Gasteiger partial charge in [-0.25, -0.2) is 0 Å². The lowest BCUT2D eigenvalue weighted by Gasteiger charge is -2.21. The zero-order chi connectivity index (χ0) is 14.9. The molecule has 0 saturated heterocycles. The van der Waals surface area contributed by atoms with Crippen LogP contribution in [0.3, 0.4) is 0 Å². The van der Waals surface area contributed by atoms with Crippen LogP contribution in [0, 0.1) is 0 Å². The van der Waals surface area contributed by atoms with Gasteiger partial charge in [-0.2, -0.15) is 0 Å². The molecule has 0 fully saturated rings. The Kier molecular flexibility index (Phi) is 7.91. The van der Waals surface area contributed by atoms with Crippen LogP contribution < -0.4 is 5.32 Å². The first-order valence-corrected chi connectivity index (χ1v) is 9.88. The molecule has 1 aromatic carbocycles. The van der Waals surface area contributed by atoms with Crippen molar-refractivity contribution in [2.75, 3.05) is 12.3 Å². The van der Waals surface area contributed by atoms with E-state index < -0.39 is 0 Å². The monoisotopic (exact) mass is 367 g/mol. The molecule has 0 saturated carbocycles. The van der Waals surface area contributed by atoms with E-state index in [1.54, 1.807) is 5.57 Å². The normalized spacial score (nSPS) is 17.1. The first kappa shape index (κ1) is 17.1. The predicted molar refractivity (Wildman–Crippen MR) is 98.1 cm³/mol. The Morgan fingerprint density at radius 1 is 1.29 bits per heavy atom. The smallest absolute Gasteiger partial charge is 0.0374 e. The van der Waals surface area contributed by atoms with Crippen molar-refractivity contribution in [2.45, 2.75) is 56.4 Å². The third-order valence-electron chi connectivity index (χ3n) is 3.88. The third kappa shape index (κ3) is 6.17. The van der Waals surface area contributed by atoms with Gasteiger partial charge in [0, 0.05) is 21.2 Å². The van der Waals surface area contributed by atoms with Crippen LogP contribution in [0.2, 0.25) is 0 Å². The maximum Gasteiger partial charge on any atom is 0.0374 e. The van der Waals surface area contributed by atoms with Crippen LogP contribution in [0.5, 0.6) is 0 Å². The minimum absolute atomic E-state index is 0.534. The second kappa shape index (κ2) is 9.70. The van der Waals surface area contributed by atoms with Crippen molar-refractivity contribution in [1.82, 2.24) is 5.32 Å². The molecule has 1 N–H and O–H groups in total. The number of hydrogen-bond acceptors (Lipinski definition) is 2. The average Bonchev–Trinajstić information content (AvgIpc) is 2.77. The molecule has 2 rings (SSSR count). The summed E-state index contributed by atoms with van der Waals surface area (Å²) in [5, 5.41) is 3.75. The van der Waals surface area contributed by atoms with Crippen molar-refractivity contribution in [2.24, 2.45) is 0 Å². The number of rotatable bonds is 7. The molecule has 0 spiro atoms.